The van der Waals surface area contributed by atoms with Crippen LogP contribution in [0.15, 0.2) is 24.3 Å². The zero-order valence-electron chi connectivity index (χ0n) is 10.00. The van der Waals surface area contributed by atoms with Crippen molar-refractivity contribution in [2.24, 2.45) is 0 Å². The molecule has 0 bridgehead atoms. The number of halogens is 1. The van der Waals surface area contributed by atoms with Gasteiger partial charge in [-0.2, -0.15) is 4.31 Å². The first-order valence-corrected chi connectivity index (χ1v) is 7.00. The van der Waals surface area contributed by atoms with Gasteiger partial charge in [0.1, 0.15) is 11.9 Å². The molecule has 0 saturated carbocycles. The van der Waals surface area contributed by atoms with Crippen LogP contribution >= 0.6 is 0 Å². The van der Waals surface area contributed by atoms with Crippen molar-refractivity contribution in [3.63, 3.8) is 0 Å². The molecule has 0 aromatic heterocycles. The lowest BCUT2D eigenvalue weighted by molar-refractivity contribution is -0.141. The first-order chi connectivity index (χ1) is 8.21. The molecule has 0 radical (unpaired) electrons. The fourth-order valence-corrected chi connectivity index (χ4v) is 2.48. The number of hydrogen-bond donors (Lipinski definition) is 1. The van der Waals surface area contributed by atoms with E-state index in [0.717, 1.165) is 10.6 Å². The molecule has 0 aliphatic rings. The Hall–Kier alpha value is -1.47. The summed E-state index contributed by atoms with van der Waals surface area (Å²) in [6, 6.07) is 4.05. The first-order valence-electron chi connectivity index (χ1n) is 5.16. The Morgan fingerprint density at radius 3 is 2.28 bits per heavy atom. The Morgan fingerprint density at radius 1 is 1.39 bits per heavy atom. The van der Waals surface area contributed by atoms with Crippen LogP contribution in [0, 0.1) is 5.82 Å². The largest absolute Gasteiger partial charge is 0.480 e. The molecule has 1 rings (SSSR count). The molecule has 0 aliphatic heterocycles. The van der Waals surface area contributed by atoms with Crippen molar-refractivity contribution in [1.82, 2.24) is 4.31 Å². The molecule has 0 aliphatic carbocycles. The third-order valence-electron chi connectivity index (χ3n) is 2.47. The molecule has 0 amide bonds. The van der Waals surface area contributed by atoms with Gasteiger partial charge in [0.05, 0.1) is 6.26 Å². The van der Waals surface area contributed by atoms with Gasteiger partial charge in [0.15, 0.2) is 0 Å². The highest BCUT2D eigenvalue weighted by Crippen LogP contribution is 2.13. The van der Waals surface area contributed by atoms with Crippen LogP contribution in [0.5, 0.6) is 0 Å². The number of rotatable bonds is 5. The summed E-state index contributed by atoms with van der Waals surface area (Å²) >= 11 is 0. The fourth-order valence-electron chi connectivity index (χ4n) is 1.43. The van der Waals surface area contributed by atoms with E-state index in [2.05, 4.69) is 0 Å². The smallest absolute Gasteiger partial charge is 0.321 e. The van der Waals surface area contributed by atoms with Crippen LogP contribution in [0.25, 0.3) is 0 Å². The average molecular weight is 275 g/mol. The summed E-state index contributed by atoms with van der Waals surface area (Å²) in [5, 5.41) is 8.87. The summed E-state index contributed by atoms with van der Waals surface area (Å²) in [6.07, 6.45) is 0.940. The maximum Gasteiger partial charge on any atom is 0.321 e. The van der Waals surface area contributed by atoms with Crippen molar-refractivity contribution in [2.75, 3.05) is 6.26 Å². The van der Waals surface area contributed by atoms with Crippen molar-refractivity contribution in [1.29, 1.82) is 0 Å². The van der Waals surface area contributed by atoms with Gasteiger partial charge in [-0.1, -0.05) is 12.1 Å². The second kappa shape index (κ2) is 5.45. The minimum Gasteiger partial charge on any atom is -0.480 e. The van der Waals surface area contributed by atoms with Crippen LogP contribution < -0.4 is 0 Å². The normalized spacial score (nSPS) is 13.6. The van der Waals surface area contributed by atoms with Gasteiger partial charge in [-0.05, 0) is 24.6 Å². The van der Waals surface area contributed by atoms with Crippen LogP contribution in [-0.4, -0.2) is 36.1 Å². The molecule has 0 heterocycles. The minimum atomic E-state index is -3.66. The zero-order valence-corrected chi connectivity index (χ0v) is 10.8. The van der Waals surface area contributed by atoms with E-state index in [1.165, 1.54) is 31.2 Å². The summed E-state index contributed by atoms with van der Waals surface area (Å²) in [7, 11) is -3.66. The Morgan fingerprint density at radius 2 is 1.89 bits per heavy atom. The van der Waals surface area contributed by atoms with E-state index in [9.17, 15) is 17.6 Å². The van der Waals surface area contributed by atoms with E-state index in [1.54, 1.807) is 0 Å². The molecule has 7 heteroatoms. The lowest BCUT2D eigenvalue weighted by atomic mass is 10.2. The van der Waals surface area contributed by atoms with Crippen LogP contribution in [0.1, 0.15) is 12.5 Å². The lowest BCUT2D eigenvalue weighted by Crippen LogP contribution is -2.42. The zero-order chi connectivity index (χ0) is 13.9. The van der Waals surface area contributed by atoms with Crippen molar-refractivity contribution in [3.05, 3.63) is 35.6 Å². The molecule has 1 atom stereocenters. The molecule has 1 unspecified atom stereocenters. The molecule has 0 spiro atoms. The highest BCUT2D eigenvalue weighted by Gasteiger charge is 2.28. The topological polar surface area (TPSA) is 74.7 Å². The minimum absolute atomic E-state index is 0.105. The van der Waals surface area contributed by atoms with Crippen molar-refractivity contribution in [2.45, 2.75) is 19.5 Å². The summed E-state index contributed by atoms with van der Waals surface area (Å²) in [4.78, 5) is 10.9. The fraction of sp³-hybridized carbons (Fsp3) is 0.364. The third-order valence-corrected chi connectivity index (χ3v) is 3.76. The number of hydrogen-bond acceptors (Lipinski definition) is 3. The van der Waals surface area contributed by atoms with E-state index in [-0.39, 0.29) is 6.54 Å². The Kier molecular flexibility index (Phi) is 4.42. The molecular weight excluding hydrogens is 261 g/mol. The molecule has 1 aromatic carbocycles. The molecule has 5 nitrogen and oxygen atoms in total. The number of nitrogens with zero attached hydrogens (tertiary/aromatic N) is 1. The van der Waals surface area contributed by atoms with Crippen LogP contribution in [-0.2, 0) is 21.4 Å². The Balaban J connectivity index is 3.00. The molecule has 1 N–H and O–H groups in total. The predicted octanol–water partition coefficient (Wildman–Crippen LogP) is 1.06. The second-order valence-electron chi connectivity index (χ2n) is 3.95. The highest BCUT2D eigenvalue weighted by molar-refractivity contribution is 7.88. The Labute approximate surface area is 105 Å². The third kappa shape index (κ3) is 3.78. The highest BCUT2D eigenvalue weighted by atomic mass is 32.2. The van der Waals surface area contributed by atoms with Gasteiger partial charge < -0.3 is 5.11 Å². The van der Waals surface area contributed by atoms with E-state index in [1.807, 2.05) is 0 Å². The van der Waals surface area contributed by atoms with Gasteiger partial charge in [0.2, 0.25) is 10.0 Å². The molecule has 1 aromatic rings. The Bertz CT molecular complexity index is 526. The van der Waals surface area contributed by atoms with Crippen LogP contribution in [0.3, 0.4) is 0 Å². The number of carboxylic acid groups (broad SMARTS) is 1. The van der Waals surface area contributed by atoms with Crippen molar-refractivity contribution < 1.29 is 22.7 Å². The van der Waals surface area contributed by atoms with Gasteiger partial charge in [0.25, 0.3) is 0 Å². The number of carbonyl (C=O) groups is 1. The SMILES string of the molecule is CC(C(=O)O)N(Cc1ccc(F)cc1)S(C)(=O)=O. The maximum absolute atomic E-state index is 12.7. The molecule has 0 saturated heterocycles. The lowest BCUT2D eigenvalue weighted by Gasteiger charge is -2.23. The number of benzene rings is 1. The standard InChI is InChI=1S/C11H14FNO4S/c1-8(11(14)15)13(18(2,16)17)7-9-3-5-10(12)6-4-9/h3-6,8H,7H2,1-2H3,(H,14,15). The van der Waals surface area contributed by atoms with E-state index < -0.39 is 27.9 Å². The maximum atomic E-state index is 12.7. The van der Waals surface area contributed by atoms with Gasteiger partial charge in [-0.25, -0.2) is 12.8 Å². The van der Waals surface area contributed by atoms with Gasteiger partial charge >= 0.3 is 5.97 Å². The van der Waals surface area contributed by atoms with E-state index >= 15 is 0 Å². The monoisotopic (exact) mass is 275 g/mol. The van der Waals surface area contributed by atoms with E-state index in [4.69, 9.17) is 5.11 Å². The summed E-state index contributed by atoms with van der Waals surface area (Å²) in [5.41, 5.74) is 0.523. The average Bonchev–Trinajstić information content (AvgIpc) is 2.25. The molecular formula is C11H14FNO4S. The number of carboxylic acids is 1. The molecule has 18 heavy (non-hydrogen) atoms. The van der Waals surface area contributed by atoms with Crippen molar-refractivity contribution in [3.8, 4) is 0 Å². The molecule has 0 fully saturated rings. The predicted molar refractivity (Wildman–Crippen MR) is 63.9 cm³/mol. The van der Waals surface area contributed by atoms with Gasteiger partial charge in [-0.15, -0.1) is 0 Å². The van der Waals surface area contributed by atoms with Gasteiger partial charge in [0, 0.05) is 6.54 Å². The number of sulfonamides is 1. The second-order valence-corrected chi connectivity index (χ2v) is 5.88. The van der Waals surface area contributed by atoms with Crippen LogP contribution in [0.4, 0.5) is 4.39 Å². The van der Waals surface area contributed by atoms with Crippen LogP contribution in [0.2, 0.25) is 0 Å². The summed E-state index contributed by atoms with van der Waals surface area (Å²) in [5.74, 6) is -1.67. The van der Waals surface area contributed by atoms with Gasteiger partial charge in [-0.3, -0.25) is 4.79 Å². The number of aliphatic carboxylic acids is 1. The quantitative estimate of drug-likeness (QED) is 0.872. The first kappa shape index (κ1) is 14.6. The van der Waals surface area contributed by atoms with E-state index in [0.29, 0.717) is 5.56 Å². The summed E-state index contributed by atoms with van der Waals surface area (Å²) < 4.78 is 36.6. The van der Waals surface area contributed by atoms with Crippen molar-refractivity contribution >= 4 is 16.0 Å². The molecule has 100 valence electrons. The summed E-state index contributed by atoms with van der Waals surface area (Å²) in [6.45, 7) is 1.18.